The molecule has 2 saturated heterocycles. The maximum absolute atomic E-state index is 11.7. The molecule has 1 amide bonds. The highest BCUT2D eigenvalue weighted by Crippen LogP contribution is 2.22. The van der Waals surface area contributed by atoms with Crippen molar-refractivity contribution in [3.05, 3.63) is 0 Å². The summed E-state index contributed by atoms with van der Waals surface area (Å²) in [5.41, 5.74) is 0. The molecule has 0 bridgehead atoms. The molecule has 0 aromatic carbocycles. The van der Waals surface area contributed by atoms with Gasteiger partial charge in [0.15, 0.2) is 0 Å². The van der Waals surface area contributed by atoms with Crippen molar-refractivity contribution in [3.8, 4) is 0 Å². The number of methoxy groups -OCH3 is 1. The van der Waals surface area contributed by atoms with Gasteiger partial charge in [-0.15, -0.1) is 0 Å². The normalized spacial score (nSPS) is 32.1. The van der Waals surface area contributed by atoms with E-state index in [9.17, 15) is 4.79 Å². The molecule has 2 aliphatic rings. The minimum absolute atomic E-state index is 0.0867. The summed E-state index contributed by atoms with van der Waals surface area (Å²) in [7, 11) is 3.71. The number of rotatable bonds is 3. The van der Waals surface area contributed by atoms with Crippen LogP contribution in [0.4, 0.5) is 0 Å². The number of hydrogen-bond donors (Lipinski definition) is 0. The lowest BCUT2D eigenvalue weighted by molar-refractivity contribution is -0.153. The van der Waals surface area contributed by atoms with E-state index >= 15 is 0 Å². The molecule has 2 fully saturated rings. The summed E-state index contributed by atoms with van der Waals surface area (Å²) in [6, 6.07) is 0.214. The van der Waals surface area contributed by atoms with Gasteiger partial charge in [-0.2, -0.15) is 0 Å². The second-order valence-corrected chi connectivity index (χ2v) is 4.22. The molecule has 0 spiro atoms. The Balaban J connectivity index is 2.01. The molecule has 15 heavy (non-hydrogen) atoms. The molecule has 2 rings (SSSR count). The smallest absolute Gasteiger partial charge is 0.249 e. The quantitative estimate of drug-likeness (QED) is 0.615. The highest BCUT2D eigenvalue weighted by molar-refractivity contribution is 5.78. The average molecular weight is 214 g/mol. The molecule has 2 aliphatic heterocycles. The molecule has 5 heteroatoms. The van der Waals surface area contributed by atoms with Crippen LogP contribution in [0.3, 0.4) is 0 Å². The van der Waals surface area contributed by atoms with Crippen LogP contribution >= 0.6 is 0 Å². The predicted octanol–water partition coefficient (Wildman–Crippen LogP) is -0.826. The Morgan fingerprint density at radius 3 is 3.07 bits per heavy atom. The van der Waals surface area contributed by atoms with Crippen LogP contribution in [0.2, 0.25) is 0 Å². The van der Waals surface area contributed by atoms with Crippen molar-refractivity contribution in [1.82, 2.24) is 9.80 Å². The maximum Gasteiger partial charge on any atom is 0.249 e. The number of amides is 1. The van der Waals surface area contributed by atoms with Crippen molar-refractivity contribution in [1.29, 1.82) is 0 Å². The zero-order valence-electron chi connectivity index (χ0n) is 9.31. The number of morpholine rings is 1. The Morgan fingerprint density at radius 1 is 1.53 bits per heavy atom. The topological polar surface area (TPSA) is 42.0 Å². The van der Waals surface area contributed by atoms with Crippen molar-refractivity contribution in [2.24, 2.45) is 0 Å². The fourth-order valence-corrected chi connectivity index (χ4v) is 2.33. The predicted molar refractivity (Wildman–Crippen MR) is 54.6 cm³/mol. The fourth-order valence-electron chi connectivity index (χ4n) is 2.33. The Morgan fingerprint density at radius 2 is 2.33 bits per heavy atom. The number of carbonyl (C=O) groups excluding carboxylic acids is 1. The van der Waals surface area contributed by atoms with Crippen LogP contribution in [-0.2, 0) is 14.3 Å². The first-order valence-electron chi connectivity index (χ1n) is 5.31. The van der Waals surface area contributed by atoms with Gasteiger partial charge in [0.05, 0.1) is 18.8 Å². The van der Waals surface area contributed by atoms with E-state index in [0.29, 0.717) is 13.2 Å². The summed E-state index contributed by atoms with van der Waals surface area (Å²) in [6.07, 6.45) is 0.185. The SMILES string of the molecule is COCCN1C(=O)CO[C@H]2CN(C)C[C@H]21. The van der Waals surface area contributed by atoms with Gasteiger partial charge in [0.1, 0.15) is 6.61 Å². The second-order valence-electron chi connectivity index (χ2n) is 4.22. The maximum atomic E-state index is 11.7. The Bertz CT molecular complexity index is 247. The van der Waals surface area contributed by atoms with Crippen molar-refractivity contribution in [3.63, 3.8) is 0 Å². The molecule has 0 unspecified atom stereocenters. The first kappa shape index (κ1) is 10.9. The molecule has 0 radical (unpaired) electrons. The third-order valence-corrected chi connectivity index (χ3v) is 3.10. The number of nitrogens with zero attached hydrogens (tertiary/aromatic N) is 2. The van der Waals surface area contributed by atoms with Gasteiger partial charge in [0.25, 0.3) is 0 Å². The summed E-state index contributed by atoms with van der Waals surface area (Å²) in [5, 5.41) is 0. The van der Waals surface area contributed by atoms with Crippen LogP contribution in [0.15, 0.2) is 0 Å². The van der Waals surface area contributed by atoms with Gasteiger partial charge in [-0.25, -0.2) is 0 Å². The average Bonchev–Trinajstić information content (AvgIpc) is 2.57. The van der Waals surface area contributed by atoms with E-state index in [1.807, 2.05) is 4.90 Å². The molecule has 0 aliphatic carbocycles. The third-order valence-electron chi connectivity index (χ3n) is 3.10. The van der Waals surface area contributed by atoms with Gasteiger partial charge >= 0.3 is 0 Å². The van der Waals surface area contributed by atoms with Gasteiger partial charge in [-0.05, 0) is 7.05 Å². The van der Waals surface area contributed by atoms with Crippen LogP contribution in [0, 0.1) is 0 Å². The lowest BCUT2D eigenvalue weighted by Crippen LogP contribution is -2.54. The first-order chi connectivity index (χ1) is 7.22. The van der Waals surface area contributed by atoms with Crippen LogP contribution in [0.1, 0.15) is 0 Å². The zero-order valence-corrected chi connectivity index (χ0v) is 9.31. The van der Waals surface area contributed by atoms with Crippen molar-refractivity contribution in [2.75, 3.05) is 47.0 Å². The Labute approximate surface area is 89.9 Å². The Hall–Kier alpha value is -0.650. The summed E-state index contributed by atoms with van der Waals surface area (Å²) in [6.45, 7) is 3.31. The molecular formula is C10H18N2O3. The minimum Gasteiger partial charge on any atom is -0.383 e. The van der Waals surface area contributed by atoms with Gasteiger partial charge in [0.2, 0.25) is 5.91 Å². The van der Waals surface area contributed by atoms with E-state index in [2.05, 4.69) is 11.9 Å². The van der Waals surface area contributed by atoms with E-state index in [4.69, 9.17) is 9.47 Å². The summed E-state index contributed by atoms with van der Waals surface area (Å²) in [5.74, 6) is 0.0867. The molecule has 0 aromatic heterocycles. The van der Waals surface area contributed by atoms with Gasteiger partial charge in [-0.3, -0.25) is 4.79 Å². The zero-order chi connectivity index (χ0) is 10.8. The van der Waals surface area contributed by atoms with Gasteiger partial charge in [0, 0.05) is 26.7 Å². The first-order valence-corrected chi connectivity index (χ1v) is 5.31. The van der Waals surface area contributed by atoms with E-state index in [1.54, 1.807) is 7.11 Å². The number of likely N-dealkylation sites (N-methyl/N-ethyl adjacent to an activating group) is 1. The van der Waals surface area contributed by atoms with Crippen LogP contribution < -0.4 is 0 Å². The van der Waals surface area contributed by atoms with Crippen molar-refractivity contribution >= 4 is 5.91 Å². The van der Waals surface area contributed by atoms with E-state index < -0.39 is 0 Å². The molecule has 5 nitrogen and oxygen atoms in total. The molecular weight excluding hydrogens is 196 g/mol. The van der Waals surface area contributed by atoms with Crippen molar-refractivity contribution < 1.29 is 14.3 Å². The fraction of sp³-hybridized carbons (Fsp3) is 0.900. The summed E-state index contributed by atoms with van der Waals surface area (Å²) >= 11 is 0. The highest BCUT2D eigenvalue weighted by Gasteiger charge is 2.41. The van der Waals surface area contributed by atoms with Crippen molar-refractivity contribution in [2.45, 2.75) is 12.1 Å². The Kier molecular flexibility index (Phi) is 3.23. The van der Waals surface area contributed by atoms with E-state index in [-0.39, 0.29) is 24.7 Å². The minimum atomic E-state index is 0.0867. The largest absolute Gasteiger partial charge is 0.383 e. The number of fused-ring (bicyclic) bond motifs is 1. The number of ether oxygens (including phenoxy) is 2. The molecule has 86 valence electrons. The summed E-state index contributed by atoms with van der Waals surface area (Å²) < 4.78 is 10.5. The molecule has 0 N–H and O–H groups in total. The number of carbonyl (C=O) groups is 1. The van der Waals surface area contributed by atoms with Crippen LogP contribution in [-0.4, -0.2) is 74.9 Å². The number of likely N-dealkylation sites (tertiary alicyclic amines) is 1. The lowest BCUT2D eigenvalue weighted by atomic mass is 10.1. The number of hydrogen-bond acceptors (Lipinski definition) is 4. The highest BCUT2D eigenvalue weighted by atomic mass is 16.5. The van der Waals surface area contributed by atoms with Crippen LogP contribution in [0.25, 0.3) is 0 Å². The molecule has 0 aromatic rings. The lowest BCUT2D eigenvalue weighted by Gasteiger charge is -2.36. The third kappa shape index (κ3) is 2.14. The van der Waals surface area contributed by atoms with Gasteiger partial charge < -0.3 is 19.3 Å². The summed E-state index contributed by atoms with van der Waals surface area (Å²) in [4.78, 5) is 15.8. The van der Waals surface area contributed by atoms with E-state index in [0.717, 1.165) is 13.1 Å². The second kappa shape index (κ2) is 4.47. The van der Waals surface area contributed by atoms with E-state index in [1.165, 1.54) is 0 Å². The molecule has 0 saturated carbocycles. The molecule has 2 heterocycles. The van der Waals surface area contributed by atoms with Crippen LogP contribution in [0.5, 0.6) is 0 Å². The standard InChI is InChI=1S/C10H18N2O3/c1-11-5-8-9(6-11)15-7-10(13)12(8)3-4-14-2/h8-9H,3-7H2,1-2H3/t8-,9+/m1/s1. The van der Waals surface area contributed by atoms with Gasteiger partial charge in [-0.1, -0.05) is 0 Å². The molecule has 2 atom stereocenters. The monoisotopic (exact) mass is 214 g/mol.